The van der Waals surface area contributed by atoms with Crippen molar-refractivity contribution in [1.82, 2.24) is 20.1 Å². The fraction of sp³-hybridized carbons (Fsp3) is 0.474. The van der Waals surface area contributed by atoms with Crippen molar-refractivity contribution >= 4 is 0 Å². The zero-order valence-electron chi connectivity index (χ0n) is 14.3. The Bertz CT molecular complexity index is 705. The second-order valence-electron chi connectivity index (χ2n) is 6.95. The predicted octanol–water partition coefficient (Wildman–Crippen LogP) is 2.31. The quantitative estimate of drug-likeness (QED) is 0.851. The summed E-state index contributed by atoms with van der Waals surface area (Å²) in [5.41, 5.74) is 1.25. The summed E-state index contributed by atoms with van der Waals surface area (Å²) < 4.78 is 0. The number of likely N-dealkylation sites (tertiary alicyclic amines) is 1. The van der Waals surface area contributed by atoms with Gasteiger partial charge in [0.2, 0.25) is 0 Å². The number of H-pyrrole nitrogens is 1. The Morgan fingerprint density at radius 3 is 2.79 bits per heavy atom. The highest BCUT2D eigenvalue weighted by atomic mass is 16.3. The van der Waals surface area contributed by atoms with Crippen molar-refractivity contribution in [3.05, 3.63) is 47.5 Å². The van der Waals surface area contributed by atoms with Gasteiger partial charge in [0.25, 0.3) is 0 Å². The first kappa shape index (κ1) is 16.7. The molecule has 1 aromatic carbocycles. The van der Waals surface area contributed by atoms with E-state index >= 15 is 0 Å². The summed E-state index contributed by atoms with van der Waals surface area (Å²) in [5.74, 6) is 7.29. The van der Waals surface area contributed by atoms with Crippen LogP contribution < -0.4 is 0 Å². The lowest BCUT2D eigenvalue weighted by Crippen LogP contribution is -2.34. The van der Waals surface area contributed by atoms with Gasteiger partial charge in [0.1, 0.15) is 17.8 Å². The van der Waals surface area contributed by atoms with E-state index in [1.54, 1.807) is 20.2 Å². The van der Waals surface area contributed by atoms with Crippen LogP contribution in [-0.4, -0.2) is 43.9 Å². The average molecular weight is 324 g/mol. The van der Waals surface area contributed by atoms with Crippen LogP contribution in [0.1, 0.15) is 49.6 Å². The van der Waals surface area contributed by atoms with Gasteiger partial charge in [0.05, 0.1) is 0 Å². The summed E-state index contributed by atoms with van der Waals surface area (Å²) in [4.78, 5) is 6.77. The summed E-state index contributed by atoms with van der Waals surface area (Å²) in [6, 6.07) is 8.27. The molecule has 0 aliphatic carbocycles. The van der Waals surface area contributed by atoms with Gasteiger partial charge in [0.15, 0.2) is 0 Å². The molecule has 1 aliphatic heterocycles. The molecule has 0 amide bonds. The molecule has 1 aromatic heterocycles. The number of aromatic amines is 1. The normalized spacial score (nSPS) is 18.9. The lowest BCUT2D eigenvalue weighted by molar-refractivity contribution is 0.143. The fourth-order valence-corrected chi connectivity index (χ4v) is 3.01. The van der Waals surface area contributed by atoms with E-state index in [9.17, 15) is 5.11 Å². The molecule has 1 aliphatic rings. The third-order valence-electron chi connectivity index (χ3n) is 4.20. The Labute approximate surface area is 143 Å². The van der Waals surface area contributed by atoms with Gasteiger partial charge in [-0.05, 0) is 50.9 Å². The van der Waals surface area contributed by atoms with Crippen LogP contribution in [0.4, 0.5) is 0 Å². The van der Waals surface area contributed by atoms with E-state index in [2.05, 4.69) is 44.1 Å². The molecule has 3 rings (SSSR count). The third-order valence-corrected chi connectivity index (χ3v) is 4.20. The Morgan fingerprint density at radius 2 is 2.12 bits per heavy atom. The van der Waals surface area contributed by atoms with Gasteiger partial charge < -0.3 is 5.11 Å². The van der Waals surface area contributed by atoms with Gasteiger partial charge in [-0.1, -0.05) is 24.0 Å². The van der Waals surface area contributed by atoms with E-state index in [1.807, 2.05) is 12.1 Å². The summed E-state index contributed by atoms with van der Waals surface area (Å²) in [6.45, 7) is 6.44. The molecule has 0 spiro atoms. The molecule has 126 valence electrons. The van der Waals surface area contributed by atoms with E-state index < -0.39 is 5.60 Å². The van der Waals surface area contributed by atoms with Crippen LogP contribution in [0.2, 0.25) is 0 Å². The number of piperidine rings is 1. The molecule has 0 saturated carbocycles. The lowest BCUT2D eigenvalue weighted by atomic mass is 9.97. The Kier molecular flexibility index (Phi) is 4.98. The zero-order valence-corrected chi connectivity index (χ0v) is 14.3. The molecule has 24 heavy (non-hydrogen) atoms. The van der Waals surface area contributed by atoms with Crippen LogP contribution in [0.5, 0.6) is 0 Å². The molecule has 2 heterocycles. The van der Waals surface area contributed by atoms with Gasteiger partial charge in [-0.2, -0.15) is 5.10 Å². The van der Waals surface area contributed by atoms with Crippen LogP contribution in [-0.2, 0) is 6.54 Å². The van der Waals surface area contributed by atoms with Crippen LogP contribution in [0.25, 0.3) is 0 Å². The van der Waals surface area contributed by atoms with E-state index in [-0.39, 0.29) is 0 Å². The highest BCUT2D eigenvalue weighted by Gasteiger charge is 2.23. The molecule has 0 bridgehead atoms. The highest BCUT2D eigenvalue weighted by Crippen LogP contribution is 2.25. The Hall–Kier alpha value is -2.16. The number of hydrogen-bond acceptors (Lipinski definition) is 4. The van der Waals surface area contributed by atoms with Crippen molar-refractivity contribution in [3.8, 4) is 11.8 Å². The smallest absolute Gasteiger partial charge is 0.137 e. The van der Waals surface area contributed by atoms with Crippen molar-refractivity contribution < 1.29 is 5.11 Å². The van der Waals surface area contributed by atoms with E-state index in [1.165, 1.54) is 12.0 Å². The fourth-order valence-electron chi connectivity index (χ4n) is 3.01. The molecule has 2 aromatic rings. The maximum absolute atomic E-state index is 9.66. The van der Waals surface area contributed by atoms with Crippen LogP contribution in [0, 0.1) is 11.8 Å². The van der Waals surface area contributed by atoms with Crippen molar-refractivity contribution in [2.75, 3.05) is 13.1 Å². The molecule has 5 heteroatoms. The standard InChI is InChI=1S/C19H24N4O/c1-19(2,24)10-9-15-5-7-16(8-6-15)12-23-11-3-4-17(13-23)18-20-14-21-22-18/h5-8,14,17,24H,3-4,11-13H2,1-2H3,(H,20,21,22). The zero-order chi connectivity index (χ0) is 17.0. The van der Waals surface area contributed by atoms with Crippen molar-refractivity contribution in [2.24, 2.45) is 0 Å². The minimum absolute atomic E-state index is 0.443. The summed E-state index contributed by atoms with van der Waals surface area (Å²) in [5, 5.41) is 16.6. The first-order valence-corrected chi connectivity index (χ1v) is 8.42. The van der Waals surface area contributed by atoms with Crippen molar-refractivity contribution in [3.63, 3.8) is 0 Å². The van der Waals surface area contributed by atoms with E-state index in [0.29, 0.717) is 5.92 Å². The molecule has 1 saturated heterocycles. The predicted molar refractivity (Wildman–Crippen MR) is 93.3 cm³/mol. The lowest BCUT2D eigenvalue weighted by Gasteiger charge is -2.31. The third kappa shape index (κ3) is 4.67. The number of aromatic nitrogens is 3. The van der Waals surface area contributed by atoms with Gasteiger partial charge in [0, 0.05) is 24.6 Å². The minimum atomic E-state index is -0.956. The Balaban J connectivity index is 1.60. The molecule has 2 N–H and O–H groups in total. The maximum atomic E-state index is 9.66. The molecular weight excluding hydrogens is 300 g/mol. The van der Waals surface area contributed by atoms with Crippen molar-refractivity contribution in [2.45, 2.75) is 44.8 Å². The number of benzene rings is 1. The first-order valence-electron chi connectivity index (χ1n) is 8.42. The molecule has 1 fully saturated rings. The summed E-state index contributed by atoms with van der Waals surface area (Å²) in [6.07, 6.45) is 3.93. The maximum Gasteiger partial charge on any atom is 0.137 e. The largest absolute Gasteiger partial charge is 0.378 e. The molecule has 1 unspecified atom stereocenters. The van der Waals surface area contributed by atoms with Gasteiger partial charge in [-0.25, -0.2) is 4.98 Å². The second-order valence-corrected chi connectivity index (χ2v) is 6.95. The van der Waals surface area contributed by atoms with Gasteiger partial charge in [-0.15, -0.1) is 0 Å². The van der Waals surface area contributed by atoms with E-state index in [4.69, 9.17) is 0 Å². The SMILES string of the molecule is CC(C)(O)C#Cc1ccc(CN2CCCC(c3ncn[nH]3)C2)cc1. The Morgan fingerprint density at radius 1 is 1.33 bits per heavy atom. The average Bonchev–Trinajstić information content (AvgIpc) is 3.08. The topological polar surface area (TPSA) is 65.0 Å². The van der Waals surface area contributed by atoms with Crippen LogP contribution in [0.15, 0.2) is 30.6 Å². The molecule has 0 radical (unpaired) electrons. The monoisotopic (exact) mass is 324 g/mol. The molecule has 5 nitrogen and oxygen atoms in total. The number of nitrogens with zero attached hydrogens (tertiary/aromatic N) is 3. The van der Waals surface area contributed by atoms with Crippen LogP contribution >= 0.6 is 0 Å². The van der Waals surface area contributed by atoms with Crippen LogP contribution in [0.3, 0.4) is 0 Å². The summed E-state index contributed by atoms with van der Waals surface area (Å²) in [7, 11) is 0. The van der Waals surface area contributed by atoms with Crippen molar-refractivity contribution in [1.29, 1.82) is 0 Å². The summed E-state index contributed by atoms with van der Waals surface area (Å²) >= 11 is 0. The highest BCUT2D eigenvalue weighted by molar-refractivity contribution is 5.37. The van der Waals surface area contributed by atoms with Gasteiger partial charge in [-0.3, -0.25) is 10.00 Å². The van der Waals surface area contributed by atoms with Gasteiger partial charge >= 0.3 is 0 Å². The minimum Gasteiger partial charge on any atom is -0.378 e. The molecular formula is C19H24N4O. The number of nitrogens with one attached hydrogen (secondary N) is 1. The number of hydrogen-bond donors (Lipinski definition) is 2. The van der Waals surface area contributed by atoms with E-state index in [0.717, 1.165) is 37.4 Å². The second kappa shape index (κ2) is 7.16. The number of rotatable bonds is 3. The molecule has 1 atom stereocenters. The first-order chi connectivity index (χ1) is 11.5. The number of aliphatic hydroxyl groups is 1.